The minimum atomic E-state index is -0.0257. The average Bonchev–Trinajstić information content (AvgIpc) is 2.94. The van der Waals surface area contributed by atoms with E-state index in [1.807, 2.05) is 25.8 Å². The van der Waals surface area contributed by atoms with Gasteiger partial charge in [-0.3, -0.25) is 9.59 Å². The van der Waals surface area contributed by atoms with E-state index in [2.05, 4.69) is 4.98 Å². The lowest BCUT2D eigenvalue weighted by atomic mass is 9.97. The molecule has 0 fully saturated rings. The van der Waals surface area contributed by atoms with E-state index in [0.717, 1.165) is 47.5 Å². The molecule has 7 heteroatoms. The van der Waals surface area contributed by atoms with Crippen molar-refractivity contribution in [2.75, 3.05) is 26.7 Å². The molecule has 1 unspecified atom stereocenters. The molecule has 1 amide bonds. The molecule has 136 valence electrons. The van der Waals surface area contributed by atoms with Crippen LogP contribution in [0.3, 0.4) is 0 Å². The topological polar surface area (TPSA) is 70.5 Å². The predicted octanol–water partition coefficient (Wildman–Crippen LogP) is 0.747. The molecule has 2 N–H and O–H groups in total. The van der Waals surface area contributed by atoms with Crippen LogP contribution >= 0.6 is 11.3 Å². The number of thiophene rings is 1. The number of carbonyl (C=O) groups is 1. The summed E-state index contributed by atoms with van der Waals surface area (Å²) in [6.07, 6.45) is 4.41. The van der Waals surface area contributed by atoms with Gasteiger partial charge in [-0.25, -0.2) is 4.98 Å². The maximum absolute atomic E-state index is 12.6. The molecule has 0 radical (unpaired) electrons. The molecule has 25 heavy (non-hydrogen) atoms. The van der Waals surface area contributed by atoms with Crippen molar-refractivity contribution in [1.82, 2.24) is 14.9 Å². The number of aryl methyl sites for hydroxylation is 2. The molecule has 1 aliphatic carbocycles. The number of nitrogens with zero attached hydrogens (tertiary/aromatic N) is 2. The highest BCUT2D eigenvalue weighted by Crippen LogP contribution is 2.33. The van der Waals surface area contributed by atoms with Crippen LogP contribution in [0.2, 0.25) is 0 Å². The van der Waals surface area contributed by atoms with E-state index >= 15 is 0 Å². The van der Waals surface area contributed by atoms with Crippen LogP contribution in [0.4, 0.5) is 0 Å². The second-order valence-electron chi connectivity index (χ2n) is 6.78. The van der Waals surface area contributed by atoms with Gasteiger partial charge in [-0.05, 0) is 45.1 Å². The number of quaternary nitrogens is 1. The standard InChI is InChI=1S/C18H26N4O2S/c1-4-22(5-2)15(23)11-21(3)10-14-19-17(24)16-12-8-6-7-9-13(12)25-18(16)20-14/h4-11H2,1-3H3,(H,19,20,24)/p+1. The normalized spacial score (nSPS) is 15.2. The fourth-order valence-electron chi connectivity index (χ4n) is 3.59. The molecule has 2 heterocycles. The molecular formula is C18H27N4O2S+. The Labute approximate surface area is 151 Å². The number of H-pyrrole nitrogens is 1. The first-order valence-corrected chi connectivity index (χ1v) is 9.97. The van der Waals surface area contributed by atoms with E-state index in [9.17, 15) is 9.59 Å². The lowest BCUT2D eigenvalue weighted by Crippen LogP contribution is -3.09. The summed E-state index contributed by atoms with van der Waals surface area (Å²) in [6, 6.07) is 0. The van der Waals surface area contributed by atoms with Crippen LogP contribution in [-0.4, -0.2) is 47.5 Å². The molecule has 0 spiro atoms. The molecule has 1 atom stereocenters. The fraction of sp³-hybridized carbons (Fsp3) is 0.611. The van der Waals surface area contributed by atoms with Crippen LogP contribution in [0.1, 0.15) is 43.0 Å². The highest BCUT2D eigenvalue weighted by molar-refractivity contribution is 7.18. The van der Waals surface area contributed by atoms with Gasteiger partial charge in [-0.2, -0.15) is 0 Å². The van der Waals surface area contributed by atoms with Crippen molar-refractivity contribution >= 4 is 27.5 Å². The van der Waals surface area contributed by atoms with E-state index in [1.54, 1.807) is 11.3 Å². The summed E-state index contributed by atoms with van der Waals surface area (Å²) >= 11 is 1.67. The van der Waals surface area contributed by atoms with E-state index in [1.165, 1.54) is 16.9 Å². The average molecular weight is 364 g/mol. The van der Waals surface area contributed by atoms with Gasteiger partial charge in [-0.15, -0.1) is 11.3 Å². The molecule has 2 aromatic heterocycles. The van der Waals surface area contributed by atoms with Gasteiger partial charge in [0.15, 0.2) is 12.4 Å². The van der Waals surface area contributed by atoms with Gasteiger partial charge in [0.25, 0.3) is 11.5 Å². The third-order valence-electron chi connectivity index (χ3n) is 4.91. The van der Waals surface area contributed by atoms with Crippen molar-refractivity contribution in [3.63, 3.8) is 0 Å². The summed E-state index contributed by atoms with van der Waals surface area (Å²) in [5.74, 6) is 0.804. The Morgan fingerprint density at radius 1 is 1.28 bits per heavy atom. The maximum Gasteiger partial charge on any atom is 0.277 e. The number of hydrogen-bond acceptors (Lipinski definition) is 4. The SMILES string of the molecule is CCN(CC)C(=O)C[NH+](C)Cc1nc2sc3c(c2c(=O)[nH]1)CCCC3. The van der Waals surface area contributed by atoms with Crippen molar-refractivity contribution in [2.24, 2.45) is 0 Å². The Balaban J connectivity index is 1.78. The molecule has 0 bridgehead atoms. The van der Waals surface area contributed by atoms with Gasteiger partial charge < -0.3 is 14.8 Å². The number of fused-ring (bicyclic) bond motifs is 3. The predicted molar refractivity (Wildman–Crippen MR) is 100 cm³/mol. The monoisotopic (exact) mass is 363 g/mol. The van der Waals surface area contributed by atoms with Crippen LogP contribution in [0.5, 0.6) is 0 Å². The number of amides is 1. The summed E-state index contributed by atoms with van der Waals surface area (Å²) in [7, 11) is 1.96. The zero-order valence-corrected chi connectivity index (χ0v) is 16.1. The molecule has 0 aliphatic heterocycles. The highest BCUT2D eigenvalue weighted by atomic mass is 32.1. The number of aromatic nitrogens is 2. The first-order chi connectivity index (χ1) is 12.0. The lowest BCUT2D eigenvalue weighted by Gasteiger charge is -2.20. The first kappa shape index (κ1) is 18.1. The molecule has 1 aliphatic rings. The van der Waals surface area contributed by atoms with Crippen molar-refractivity contribution < 1.29 is 9.69 Å². The van der Waals surface area contributed by atoms with Crippen LogP contribution in [0.25, 0.3) is 10.2 Å². The smallest absolute Gasteiger partial charge is 0.277 e. The third-order valence-corrected chi connectivity index (χ3v) is 6.10. The molecule has 0 aromatic carbocycles. The van der Waals surface area contributed by atoms with Crippen molar-refractivity contribution in [3.05, 3.63) is 26.6 Å². The summed E-state index contributed by atoms with van der Waals surface area (Å²) in [4.78, 5) is 37.5. The van der Waals surface area contributed by atoms with Crippen LogP contribution < -0.4 is 10.5 Å². The molecule has 6 nitrogen and oxygen atoms in total. The Bertz CT molecular complexity index is 822. The van der Waals surface area contributed by atoms with Gasteiger partial charge in [0.05, 0.1) is 12.4 Å². The van der Waals surface area contributed by atoms with Crippen molar-refractivity contribution in [3.8, 4) is 0 Å². The summed E-state index contributed by atoms with van der Waals surface area (Å²) in [6.45, 7) is 6.38. The lowest BCUT2D eigenvalue weighted by molar-refractivity contribution is -0.886. The summed E-state index contributed by atoms with van der Waals surface area (Å²) in [5, 5.41) is 0.792. The fourth-order valence-corrected chi connectivity index (χ4v) is 4.87. The number of carbonyl (C=O) groups excluding carboxylic acids is 1. The quantitative estimate of drug-likeness (QED) is 0.796. The van der Waals surface area contributed by atoms with Crippen LogP contribution in [-0.2, 0) is 24.2 Å². The summed E-state index contributed by atoms with van der Waals surface area (Å²) < 4.78 is 0. The molecular weight excluding hydrogens is 336 g/mol. The van der Waals surface area contributed by atoms with Crippen molar-refractivity contribution in [1.29, 1.82) is 0 Å². The minimum Gasteiger partial charge on any atom is -0.338 e. The Hall–Kier alpha value is -1.73. The Morgan fingerprint density at radius 3 is 2.72 bits per heavy atom. The number of rotatable bonds is 6. The van der Waals surface area contributed by atoms with Crippen LogP contribution in [0.15, 0.2) is 4.79 Å². The Kier molecular flexibility index (Phi) is 5.54. The Morgan fingerprint density at radius 2 is 2.00 bits per heavy atom. The van der Waals surface area contributed by atoms with Crippen LogP contribution in [0, 0.1) is 0 Å². The van der Waals surface area contributed by atoms with Crippen molar-refractivity contribution in [2.45, 2.75) is 46.1 Å². The molecule has 0 saturated carbocycles. The second-order valence-corrected chi connectivity index (χ2v) is 7.86. The number of hydrogen-bond donors (Lipinski definition) is 2. The van der Waals surface area contributed by atoms with Gasteiger partial charge in [0.1, 0.15) is 11.4 Å². The molecule has 0 saturated heterocycles. The van der Waals surface area contributed by atoms with Gasteiger partial charge in [0.2, 0.25) is 0 Å². The maximum atomic E-state index is 12.6. The molecule has 3 rings (SSSR count). The minimum absolute atomic E-state index is 0.0257. The number of aromatic amines is 1. The zero-order valence-electron chi connectivity index (χ0n) is 15.3. The van der Waals surface area contributed by atoms with Gasteiger partial charge >= 0.3 is 0 Å². The largest absolute Gasteiger partial charge is 0.338 e. The third kappa shape index (κ3) is 3.77. The van der Waals surface area contributed by atoms with E-state index < -0.39 is 0 Å². The summed E-state index contributed by atoms with van der Waals surface area (Å²) in [5.41, 5.74) is 1.19. The van der Waals surface area contributed by atoms with E-state index in [0.29, 0.717) is 18.9 Å². The van der Waals surface area contributed by atoms with E-state index in [-0.39, 0.29) is 11.5 Å². The zero-order chi connectivity index (χ0) is 18.0. The second kappa shape index (κ2) is 7.66. The number of nitrogens with one attached hydrogen (secondary N) is 2. The van der Waals surface area contributed by atoms with Gasteiger partial charge in [-0.1, -0.05) is 0 Å². The van der Waals surface area contributed by atoms with E-state index in [4.69, 9.17) is 4.98 Å². The number of likely N-dealkylation sites (N-methyl/N-ethyl adjacent to an activating group) is 2. The van der Waals surface area contributed by atoms with Gasteiger partial charge in [0, 0.05) is 18.0 Å². The first-order valence-electron chi connectivity index (χ1n) is 9.16. The highest BCUT2D eigenvalue weighted by Gasteiger charge is 2.21. The molecule has 2 aromatic rings.